The predicted octanol–water partition coefficient (Wildman–Crippen LogP) is 0.491. The molecule has 0 heterocycles. The third-order valence-corrected chi connectivity index (χ3v) is 1.96. The Morgan fingerprint density at radius 1 is 1.28 bits per heavy atom. The van der Waals surface area contributed by atoms with Crippen molar-refractivity contribution >= 4 is 18.0 Å². The minimum Gasteiger partial charge on any atom is -0.480 e. The number of carboxylic acid groups (broad SMARTS) is 1. The van der Waals surface area contributed by atoms with Crippen molar-refractivity contribution < 1.29 is 24.2 Å². The minimum atomic E-state index is -1.19. The molecule has 0 aromatic heterocycles. The van der Waals surface area contributed by atoms with Gasteiger partial charge in [0.25, 0.3) is 0 Å². The van der Waals surface area contributed by atoms with Gasteiger partial charge in [-0.15, -0.1) is 0 Å². The van der Waals surface area contributed by atoms with Crippen molar-refractivity contribution in [2.45, 2.75) is 45.2 Å². The van der Waals surface area contributed by atoms with Crippen LogP contribution in [0.25, 0.3) is 0 Å². The zero-order valence-electron chi connectivity index (χ0n) is 11.1. The molecule has 3 N–H and O–H groups in total. The molecule has 0 saturated carbocycles. The molecule has 1 atom stereocenters. The van der Waals surface area contributed by atoms with E-state index in [4.69, 9.17) is 5.11 Å². The average molecular weight is 260 g/mol. The van der Waals surface area contributed by atoms with Crippen LogP contribution in [0.15, 0.2) is 0 Å². The van der Waals surface area contributed by atoms with E-state index in [0.717, 1.165) is 0 Å². The Labute approximate surface area is 106 Å². The summed E-state index contributed by atoms with van der Waals surface area (Å²) in [6.45, 7) is 5.32. The molecule has 7 nitrogen and oxygen atoms in total. The van der Waals surface area contributed by atoms with Crippen molar-refractivity contribution in [1.29, 1.82) is 0 Å². The number of esters is 1. The number of hydrogen-bond donors (Lipinski definition) is 3. The summed E-state index contributed by atoms with van der Waals surface area (Å²) in [7, 11) is 1.22. The number of nitrogens with one attached hydrogen (secondary N) is 2. The zero-order valence-corrected chi connectivity index (χ0v) is 11.1. The fourth-order valence-electron chi connectivity index (χ4n) is 1.16. The molecule has 0 rings (SSSR count). The van der Waals surface area contributed by atoms with Crippen LogP contribution in [0.4, 0.5) is 4.79 Å². The summed E-state index contributed by atoms with van der Waals surface area (Å²) >= 11 is 0. The highest BCUT2D eigenvalue weighted by atomic mass is 16.5. The molecule has 0 aromatic rings. The van der Waals surface area contributed by atoms with E-state index >= 15 is 0 Å². The summed E-state index contributed by atoms with van der Waals surface area (Å²) in [4.78, 5) is 33.3. The van der Waals surface area contributed by atoms with Gasteiger partial charge in [-0.1, -0.05) is 0 Å². The van der Waals surface area contributed by atoms with E-state index in [0.29, 0.717) is 0 Å². The molecule has 0 aliphatic heterocycles. The second-order valence-electron chi connectivity index (χ2n) is 4.85. The number of carbonyl (C=O) groups excluding carboxylic acids is 2. The zero-order chi connectivity index (χ0) is 14.3. The molecule has 18 heavy (non-hydrogen) atoms. The number of carboxylic acids is 1. The monoisotopic (exact) mass is 260 g/mol. The van der Waals surface area contributed by atoms with Crippen molar-refractivity contribution in [1.82, 2.24) is 10.6 Å². The minimum absolute atomic E-state index is 0.0143. The van der Waals surface area contributed by atoms with Crippen LogP contribution in [0, 0.1) is 0 Å². The van der Waals surface area contributed by atoms with Gasteiger partial charge in [-0.25, -0.2) is 9.59 Å². The molecule has 0 spiro atoms. The molecule has 2 amide bonds. The summed E-state index contributed by atoms with van der Waals surface area (Å²) in [5.74, 6) is -1.71. The second kappa shape index (κ2) is 6.83. The van der Waals surface area contributed by atoms with Crippen LogP contribution < -0.4 is 10.6 Å². The number of ether oxygens (including phenoxy) is 1. The fraction of sp³-hybridized carbons (Fsp3) is 0.727. The lowest BCUT2D eigenvalue weighted by atomic mass is 10.1. The number of rotatable bonds is 5. The van der Waals surface area contributed by atoms with E-state index in [-0.39, 0.29) is 12.8 Å². The summed E-state index contributed by atoms with van der Waals surface area (Å²) < 4.78 is 4.41. The Kier molecular flexibility index (Phi) is 6.15. The Balaban J connectivity index is 4.32. The van der Waals surface area contributed by atoms with Gasteiger partial charge in [-0.3, -0.25) is 4.79 Å². The van der Waals surface area contributed by atoms with Crippen molar-refractivity contribution in [3.63, 3.8) is 0 Å². The largest absolute Gasteiger partial charge is 0.480 e. The third kappa shape index (κ3) is 7.48. The fourth-order valence-corrected chi connectivity index (χ4v) is 1.16. The van der Waals surface area contributed by atoms with Gasteiger partial charge < -0.3 is 20.5 Å². The smallest absolute Gasteiger partial charge is 0.326 e. The lowest BCUT2D eigenvalue weighted by Gasteiger charge is -2.22. The Hall–Kier alpha value is -1.79. The highest BCUT2D eigenvalue weighted by Crippen LogP contribution is 2.02. The Morgan fingerprint density at radius 3 is 2.22 bits per heavy atom. The lowest BCUT2D eigenvalue weighted by Crippen LogP contribution is -2.51. The Morgan fingerprint density at radius 2 is 1.83 bits per heavy atom. The van der Waals surface area contributed by atoms with Crippen LogP contribution in [0.2, 0.25) is 0 Å². The van der Waals surface area contributed by atoms with Crippen LogP contribution in [0.5, 0.6) is 0 Å². The van der Waals surface area contributed by atoms with Gasteiger partial charge in [0.2, 0.25) is 0 Å². The molecule has 0 fully saturated rings. The van der Waals surface area contributed by atoms with Gasteiger partial charge in [0.15, 0.2) is 0 Å². The van der Waals surface area contributed by atoms with Gasteiger partial charge in [-0.2, -0.15) is 0 Å². The van der Waals surface area contributed by atoms with Crippen LogP contribution in [0.3, 0.4) is 0 Å². The standard InChI is InChI=1S/C11H20N2O5/c1-11(2,3)13-10(17)12-7(9(15)16)5-6-8(14)18-4/h7H,5-6H2,1-4H3,(H,15,16)(H2,12,13,17). The van der Waals surface area contributed by atoms with Gasteiger partial charge in [-0.05, 0) is 27.2 Å². The first-order valence-electron chi connectivity index (χ1n) is 5.54. The molecule has 0 radical (unpaired) electrons. The molecule has 0 aliphatic carbocycles. The summed E-state index contributed by atoms with van der Waals surface area (Å²) in [5.41, 5.74) is -0.463. The number of amides is 2. The summed E-state index contributed by atoms with van der Waals surface area (Å²) in [6.07, 6.45) is -0.0805. The first-order chi connectivity index (χ1) is 8.15. The van der Waals surface area contributed by atoms with Crippen molar-refractivity contribution in [2.24, 2.45) is 0 Å². The van der Waals surface area contributed by atoms with Gasteiger partial charge in [0, 0.05) is 12.0 Å². The Bertz CT molecular complexity index is 322. The molecule has 104 valence electrons. The topological polar surface area (TPSA) is 105 Å². The van der Waals surface area contributed by atoms with Gasteiger partial charge >= 0.3 is 18.0 Å². The second-order valence-corrected chi connectivity index (χ2v) is 4.85. The van der Waals surface area contributed by atoms with Gasteiger partial charge in [0.1, 0.15) is 6.04 Å². The molecule has 0 bridgehead atoms. The first-order valence-corrected chi connectivity index (χ1v) is 5.54. The van der Waals surface area contributed by atoms with E-state index in [1.807, 2.05) is 0 Å². The molecular formula is C11H20N2O5. The van der Waals surface area contributed by atoms with Gasteiger partial charge in [0.05, 0.1) is 7.11 Å². The maximum atomic E-state index is 11.5. The molecular weight excluding hydrogens is 240 g/mol. The average Bonchev–Trinajstić information content (AvgIpc) is 2.20. The van der Waals surface area contributed by atoms with Crippen LogP contribution >= 0.6 is 0 Å². The molecule has 0 aliphatic rings. The maximum Gasteiger partial charge on any atom is 0.326 e. The van der Waals surface area contributed by atoms with Crippen LogP contribution in [-0.2, 0) is 14.3 Å². The van der Waals surface area contributed by atoms with E-state index in [2.05, 4.69) is 15.4 Å². The maximum absolute atomic E-state index is 11.5. The van der Waals surface area contributed by atoms with E-state index < -0.39 is 29.6 Å². The molecule has 7 heteroatoms. The van der Waals surface area contributed by atoms with Crippen molar-refractivity contribution in [3.05, 3.63) is 0 Å². The summed E-state index contributed by atoms with van der Waals surface area (Å²) in [6, 6.07) is -1.70. The van der Waals surface area contributed by atoms with Crippen LogP contribution in [-0.4, -0.2) is 41.8 Å². The molecule has 1 unspecified atom stereocenters. The van der Waals surface area contributed by atoms with E-state index in [9.17, 15) is 14.4 Å². The highest BCUT2D eigenvalue weighted by molar-refractivity contribution is 5.83. The number of urea groups is 1. The summed E-state index contributed by atoms with van der Waals surface area (Å²) in [5, 5.41) is 13.8. The lowest BCUT2D eigenvalue weighted by molar-refractivity contribution is -0.142. The van der Waals surface area contributed by atoms with E-state index in [1.54, 1.807) is 20.8 Å². The number of aliphatic carboxylic acids is 1. The van der Waals surface area contributed by atoms with E-state index in [1.165, 1.54) is 7.11 Å². The van der Waals surface area contributed by atoms with Crippen LogP contribution in [0.1, 0.15) is 33.6 Å². The third-order valence-electron chi connectivity index (χ3n) is 1.96. The quantitative estimate of drug-likeness (QED) is 0.624. The predicted molar refractivity (Wildman–Crippen MR) is 64.1 cm³/mol. The number of hydrogen-bond acceptors (Lipinski definition) is 4. The molecule has 0 saturated heterocycles. The normalized spacial score (nSPS) is 12.4. The first kappa shape index (κ1) is 16.2. The van der Waals surface area contributed by atoms with Crippen molar-refractivity contribution in [2.75, 3.05) is 7.11 Å². The SMILES string of the molecule is COC(=O)CCC(NC(=O)NC(C)(C)C)C(=O)O. The van der Waals surface area contributed by atoms with Crippen molar-refractivity contribution in [3.8, 4) is 0 Å². The number of carbonyl (C=O) groups is 3. The number of methoxy groups -OCH3 is 1. The highest BCUT2D eigenvalue weighted by Gasteiger charge is 2.23. The molecule has 0 aromatic carbocycles.